The second-order valence-corrected chi connectivity index (χ2v) is 3.94. The van der Waals surface area contributed by atoms with E-state index < -0.39 is 5.60 Å². The molecule has 0 radical (unpaired) electrons. The molecular formula is C12H15FO2. The van der Waals surface area contributed by atoms with Gasteiger partial charge in [0.05, 0.1) is 0 Å². The Hall–Kier alpha value is -1.22. The highest BCUT2D eigenvalue weighted by Gasteiger charge is 2.26. The van der Waals surface area contributed by atoms with Crippen molar-refractivity contribution >= 4 is 5.78 Å². The third-order valence-electron chi connectivity index (χ3n) is 2.44. The topological polar surface area (TPSA) is 26.3 Å². The van der Waals surface area contributed by atoms with E-state index in [2.05, 4.69) is 0 Å². The molecule has 1 aromatic carbocycles. The Bertz CT molecular complexity index is 358. The minimum absolute atomic E-state index is 0.0596. The van der Waals surface area contributed by atoms with Crippen molar-refractivity contribution in [2.75, 3.05) is 7.11 Å². The lowest BCUT2D eigenvalue weighted by Crippen LogP contribution is -2.35. The van der Waals surface area contributed by atoms with Gasteiger partial charge in [0.2, 0.25) is 0 Å². The summed E-state index contributed by atoms with van der Waals surface area (Å²) in [7, 11) is 1.49. The maximum absolute atomic E-state index is 12.9. The first-order chi connectivity index (χ1) is 6.95. The van der Waals surface area contributed by atoms with Gasteiger partial charge in [-0.3, -0.25) is 4.79 Å². The van der Waals surface area contributed by atoms with E-state index in [-0.39, 0.29) is 18.0 Å². The Labute approximate surface area is 89.1 Å². The Morgan fingerprint density at radius 1 is 1.47 bits per heavy atom. The molecule has 0 bridgehead atoms. The molecule has 0 fully saturated rings. The van der Waals surface area contributed by atoms with Gasteiger partial charge in [-0.25, -0.2) is 4.39 Å². The second kappa shape index (κ2) is 4.53. The van der Waals surface area contributed by atoms with E-state index in [9.17, 15) is 9.18 Å². The van der Waals surface area contributed by atoms with Crippen LogP contribution in [0.3, 0.4) is 0 Å². The lowest BCUT2D eigenvalue weighted by atomic mass is 9.97. The zero-order chi connectivity index (χ0) is 11.5. The SMILES string of the molecule is COC(C)(C)C(=O)Cc1cccc(F)c1. The third-order valence-corrected chi connectivity index (χ3v) is 2.44. The molecule has 15 heavy (non-hydrogen) atoms. The number of halogens is 1. The summed E-state index contributed by atoms with van der Waals surface area (Å²) in [6, 6.07) is 6.05. The summed E-state index contributed by atoms with van der Waals surface area (Å²) in [5.41, 5.74) is -0.142. The van der Waals surface area contributed by atoms with E-state index in [4.69, 9.17) is 4.74 Å². The van der Waals surface area contributed by atoms with Crippen LogP contribution in [0.5, 0.6) is 0 Å². The number of Topliss-reactive ketones (excluding diaryl/α,β-unsaturated/α-hetero) is 1. The summed E-state index contributed by atoms with van der Waals surface area (Å²) < 4.78 is 17.9. The maximum Gasteiger partial charge on any atom is 0.168 e. The first-order valence-corrected chi connectivity index (χ1v) is 4.78. The molecule has 3 heteroatoms. The number of benzene rings is 1. The monoisotopic (exact) mass is 210 g/mol. The summed E-state index contributed by atoms with van der Waals surface area (Å²) in [5.74, 6) is -0.383. The van der Waals surface area contributed by atoms with Gasteiger partial charge in [-0.05, 0) is 31.5 Å². The molecule has 0 unspecified atom stereocenters. The number of rotatable bonds is 4. The van der Waals surface area contributed by atoms with Gasteiger partial charge in [-0.1, -0.05) is 12.1 Å². The fourth-order valence-electron chi connectivity index (χ4n) is 1.16. The highest BCUT2D eigenvalue weighted by Crippen LogP contribution is 2.13. The largest absolute Gasteiger partial charge is 0.371 e. The number of hydrogen-bond donors (Lipinski definition) is 0. The first kappa shape index (κ1) is 11.9. The van der Waals surface area contributed by atoms with Gasteiger partial charge in [-0.15, -0.1) is 0 Å². The number of methoxy groups -OCH3 is 1. The van der Waals surface area contributed by atoms with Gasteiger partial charge in [0, 0.05) is 13.5 Å². The summed E-state index contributed by atoms with van der Waals surface area (Å²) >= 11 is 0. The quantitative estimate of drug-likeness (QED) is 0.762. The van der Waals surface area contributed by atoms with Crippen LogP contribution in [0.4, 0.5) is 4.39 Å². The normalized spacial score (nSPS) is 11.5. The van der Waals surface area contributed by atoms with Crippen molar-refractivity contribution in [3.63, 3.8) is 0 Å². The van der Waals surface area contributed by atoms with Crippen LogP contribution < -0.4 is 0 Å². The number of ether oxygens (including phenoxy) is 1. The van der Waals surface area contributed by atoms with Crippen molar-refractivity contribution in [1.29, 1.82) is 0 Å². The third kappa shape index (κ3) is 3.13. The van der Waals surface area contributed by atoms with Crippen LogP contribution in [-0.4, -0.2) is 18.5 Å². The van der Waals surface area contributed by atoms with E-state index >= 15 is 0 Å². The highest BCUT2D eigenvalue weighted by molar-refractivity contribution is 5.88. The van der Waals surface area contributed by atoms with E-state index in [1.807, 2.05) is 0 Å². The fraction of sp³-hybridized carbons (Fsp3) is 0.417. The van der Waals surface area contributed by atoms with Crippen LogP contribution in [-0.2, 0) is 16.0 Å². The molecule has 0 atom stereocenters. The Balaban J connectivity index is 2.75. The predicted octanol–water partition coefficient (Wildman–Crippen LogP) is 2.36. The molecule has 82 valence electrons. The Kier molecular flexibility index (Phi) is 3.58. The minimum Gasteiger partial charge on any atom is -0.371 e. The van der Waals surface area contributed by atoms with Crippen LogP contribution in [0, 0.1) is 5.82 Å². The Morgan fingerprint density at radius 2 is 2.13 bits per heavy atom. The Morgan fingerprint density at radius 3 is 2.67 bits per heavy atom. The van der Waals surface area contributed by atoms with Crippen LogP contribution >= 0.6 is 0 Å². The molecule has 0 aliphatic heterocycles. The summed E-state index contributed by atoms with van der Waals surface area (Å²) in [4.78, 5) is 11.7. The predicted molar refractivity (Wildman–Crippen MR) is 56.2 cm³/mol. The van der Waals surface area contributed by atoms with Crippen molar-refractivity contribution in [3.8, 4) is 0 Å². The van der Waals surface area contributed by atoms with Crippen molar-refractivity contribution in [2.45, 2.75) is 25.9 Å². The number of ketones is 1. The molecule has 2 nitrogen and oxygen atoms in total. The second-order valence-electron chi connectivity index (χ2n) is 3.94. The van der Waals surface area contributed by atoms with E-state index in [1.54, 1.807) is 26.0 Å². The van der Waals surface area contributed by atoms with Crippen molar-refractivity contribution in [2.24, 2.45) is 0 Å². The fourth-order valence-corrected chi connectivity index (χ4v) is 1.16. The standard InChI is InChI=1S/C12H15FO2/c1-12(2,15-3)11(14)8-9-5-4-6-10(13)7-9/h4-7H,8H2,1-3H3. The van der Waals surface area contributed by atoms with Gasteiger partial charge in [0.25, 0.3) is 0 Å². The van der Waals surface area contributed by atoms with Gasteiger partial charge in [0.1, 0.15) is 11.4 Å². The van der Waals surface area contributed by atoms with E-state index in [1.165, 1.54) is 19.2 Å². The molecule has 0 N–H and O–H groups in total. The molecule has 1 aromatic rings. The average molecular weight is 210 g/mol. The zero-order valence-electron chi connectivity index (χ0n) is 9.21. The molecule has 0 saturated heterocycles. The molecule has 1 rings (SSSR count). The van der Waals surface area contributed by atoms with Gasteiger partial charge in [0.15, 0.2) is 5.78 Å². The molecular weight excluding hydrogens is 195 g/mol. The average Bonchev–Trinajstić information content (AvgIpc) is 2.17. The summed E-state index contributed by atoms with van der Waals surface area (Å²) in [6.45, 7) is 3.41. The molecule has 0 aliphatic rings. The van der Waals surface area contributed by atoms with Gasteiger partial charge >= 0.3 is 0 Å². The van der Waals surface area contributed by atoms with Crippen molar-refractivity contribution in [1.82, 2.24) is 0 Å². The zero-order valence-corrected chi connectivity index (χ0v) is 9.21. The number of carbonyl (C=O) groups excluding carboxylic acids is 1. The molecule has 0 aliphatic carbocycles. The maximum atomic E-state index is 12.9. The van der Waals surface area contributed by atoms with E-state index in [0.29, 0.717) is 5.56 Å². The van der Waals surface area contributed by atoms with Crippen LogP contribution in [0.2, 0.25) is 0 Å². The summed E-state index contributed by atoms with van der Waals surface area (Å²) in [5, 5.41) is 0. The first-order valence-electron chi connectivity index (χ1n) is 4.78. The summed E-state index contributed by atoms with van der Waals surface area (Å²) in [6.07, 6.45) is 0.193. The number of carbonyl (C=O) groups is 1. The molecule has 0 amide bonds. The van der Waals surface area contributed by atoms with Crippen LogP contribution in [0.1, 0.15) is 19.4 Å². The minimum atomic E-state index is -0.813. The lowest BCUT2D eigenvalue weighted by molar-refractivity contribution is -0.136. The van der Waals surface area contributed by atoms with Crippen molar-refractivity contribution < 1.29 is 13.9 Å². The van der Waals surface area contributed by atoms with Crippen LogP contribution in [0.25, 0.3) is 0 Å². The highest BCUT2D eigenvalue weighted by atomic mass is 19.1. The van der Waals surface area contributed by atoms with Crippen molar-refractivity contribution in [3.05, 3.63) is 35.6 Å². The smallest absolute Gasteiger partial charge is 0.168 e. The molecule has 0 saturated carbocycles. The van der Waals surface area contributed by atoms with Gasteiger partial charge < -0.3 is 4.74 Å². The number of hydrogen-bond acceptors (Lipinski definition) is 2. The van der Waals surface area contributed by atoms with Crippen LogP contribution in [0.15, 0.2) is 24.3 Å². The molecule has 0 aromatic heterocycles. The lowest BCUT2D eigenvalue weighted by Gasteiger charge is -2.21. The van der Waals surface area contributed by atoms with E-state index in [0.717, 1.165) is 0 Å². The molecule has 0 heterocycles. The van der Waals surface area contributed by atoms with Gasteiger partial charge in [-0.2, -0.15) is 0 Å². The molecule has 0 spiro atoms.